The molecule has 40 heavy (non-hydrogen) atoms. The summed E-state index contributed by atoms with van der Waals surface area (Å²) in [5, 5.41) is 1.04. The number of para-hydroxylation sites is 1. The van der Waals surface area contributed by atoms with Gasteiger partial charge in [0.1, 0.15) is 5.82 Å². The Labute approximate surface area is 233 Å². The van der Waals surface area contributed by atoms with Crippen LogP contribution in [0.3, 0.4) is 0 Å². The smallest absolute Gasteiger partial charge is 0.338 e. The number of carbonyl (C=O) groups is 1. The molecular formula is C32H26FN3O3S. The van der Waals surface area contributed by atoms with Gasteiger partial charge in [-0.05, 0) is 43.7 Å². The van der Waals surface area contributed by atoms with Gasteiger partial charge in [-0.15, -0.1) is 0 Å². The highest BCUT2D eigenvalue weighted by Crippen LogP contribution is 2.35. The molecule has 0 N–H and O–H groups in total. The van der Waals surface area contributed by atoms with Gasteiger partial charge in [0.15, 0.2) is 4.80 Å². The molecule has 0 spiro atoms. The van der Waals surface area contributed by atoms with Gasteiger partial charge in [-0.3, -0.25) is 9.36 Å². The van der Waals surface area contributed by atoms with Crippen LogP contribution in [0.2, 0.25) is 0 Å². The van der Waals surface area contributed by atoms with Crippen molar-refractivity contribution in [1.29, 1.82) is 0 Å². The van der Waals surface area contributed by atoms with Crippen LogP contribution in [-0.2, 0) is 16.1 Å². The molecule has 1 aliphatic heterocycles. The number of thiazole rings is 1. The summed E-state index contributed by atoms with van der Waals surface area (Å²) in [6.45, 7) is 4.76. The summed E-state index contributed by atoms with van der Waals surface area (Å²) in [6, 6.07) is 22.4. The van der Waals surface area contributed by atoms with Gasteiger partial charge in [-0.2, -0.15) is 0 Å². The Bertz CT molecular complexity index is 1950. The molecule has 0 bridgehead atoms. The van der Waals surface area contributed by atoms with E-state index in [1.165, 1.54) is 28.0 Å². The summed E-state index contributed by atoms with van der Waals surface area (Å²) < 4.78 is 23.6. The van der Waals surface area contributed by atoms with Crippen LogP contribution in [0.15, 0.2) is 100 Å². The molecule has 1 atom stereocenters. The molecule has 0 aliphatic carbocycles. The SMILES string of the molecule is CCOC(=O)C1=C(c2ccccc2)N=c2s/c(=C\c3cn(CC)c4ccccc34)c(=O)n2[C@@H]1c1ccc(F)cc1. The lowest BCUT2D eigenvalue weighted by Gasteiger charge is -2.25. The average Bonchev–Trinajstić information content (AvgIpc) is 3.50. The van der Waals surface area contributed by atoms with Crippen molar-refractivity contribution in [1.82, 2.24) is 9.13 Å². The van der Waals surface area contributed by atoms with Crippen LogP contribution < -0.4 is 14.9 Å². The second kappa shape index (κ2) is 10.5. The minimum atomic E-state index is -0.842. The van der Waals surface area contributed by atoms with Gasteiger partial charge in [0.25, 0.3) is 5.56 Å². The van der Waals surface area contributed by atoms with E-state index in [1.54, 1.807) is 19.1 Å². The largest absolute Gasteiger partial charge is 0.463 e. The first-order valence-electron chi connectivity index (χ1n) is 13.1. The average molecular weight is 552 g/mol. The summed E-state index contributed by atoms with van der Waals surface area (Å²) in [5.41, 5.74) is 3.72. The normalized spacial score (nSPS) is 15.3. The Morgan fingerprint density at radius 3 is 2.48 bits per heavy atom. The van der Waals surface area contributed by atoms with Crippen LogP contribution in [0, 0.1) is 5.82 Å². The number of aromatic nitrogens is 2. The van der Waals surface area contributed by atoms with Crippen molar-refractivity contribution in [2.45, 2.75) is 26.4 Å². The first-order chi connectivity index (χ1) is 19.5. The molecule has 0 radical (unpaired) electrons. The summed E-state index contributed by atoms with van der Waals surface area (Å²) in [6.07, 6.45) is 3.93. The van der Waals surface area contributed by atoms with Crippen molar-refractivity contribution in [3.05, 3.63) is 133 Å². The lowest BCUT2D eigenvalue weighted by molar-refractivity contribution is -0.138. The fraction of sp³-hybridized carbons (Fsp3) is 0.156. The molecule has 3 heterocycles. The van der Waals surface area contributed by atoms with Gasteiger partial charge in [0.05, 0.1) is 28.5 Å². The van der Waals surface area contributed by atoms with E-state index in [0.29, 0.717) is 20.6 Å². The van der Waals surface area contributed by atoms with Crippen molar-refractivity contribution in [3.8, 4) is 0 Å². The summed E-state index contributed by atoms with van der Waals surface area (Å²) in [5.74, 6) is -0.979. The van der Waals surface area contributed by atoms with E-state index in [0.717, 1.165) is 28.6 Å². The third kappa shape index (κ3) is 4.40. The van der Waals surface area contributed by atoms with Gasteiger partial charge in [0.2, 0.25) is 0 Å². The Morgan fingerprint density at radius 1 is 1.02 bits per heavy atom. The first kappa shape index (κ1) is 25.7. The summed E-state index contributed by atoms with van der Waals surface area (Å²) in [4.78, 5) is 32.9. The number of carbonyl (C=O) groups excluding carboxylic acids is 1. The summed E-state index contributed by atoms with van der Waals surface area (Å²) in [7, 11) is 0. The zero-order chi connectivity index (χ0) is 27.8. The molecule has 6 rings (SSSR count). The van der Waals surface area contributed by atoms with Crippen LogP contribution >= 0.6 is 11.3 Å². The molecule has 200 valence electrons. The Kier molecular flexibility index (Phi) is 6.77. The van der Waals surface area contributed by atoms with E-state index in [4.69, 9.17) is 9.73 Å². The van der Waals surface area contributed by atoms with Crippen LogP contribution in [0.4, 0.5) is 4.39 Å². The molecule has 0 saturated carbocycles. The van der Waals surface area contributed by atoms with Crippen LogP contribution in [0.25, 0.3) is 22.7 Å². The van der Waals surface area contributed by atoms with Crippen molar-refractivity contribution in [2.24, 2.45) is 4.99 Å². The number of benzene rings is 3. The number of fused-ring (bicyclic) bond motifs is 2. The topological polar surface area (TPSA) is 65.6 Å². The van der Waals surface area contributed by atoms with E-state index < -0.39 is 17.8 Å². The second-order valence-electron chi connectivity index (χ2n) is 9.37. The number of aryl methyl sites for hydroxylation is 1. The molecule has 0 unspecified atom stereocenters. The monoisotopic (exact) mass is 551 g/mol. The third-order valence-electron chi connectivity index (χ3n) is 7.01. The maximum Gasteiger partial charge on any atom is 0.338 e. The van der Waals surface area contributed by atoms with E-state index in [-0.39, 0.29) is 17.7 Å². The molecule has 5 aromatic rings. The molecule has 1 aliphatic rings. The minimum Gasteiger partial charge on any atom is -0.463 e. The minimum absolute atomic E-state index is 0.159. The zero-order valence-corrected chi connectivity index (χ0v) is 22.8. The predicted octanol–water partition coefficient (Wildman–Crippen LogP) is 5.05. The number of hydrogen-bond acceptors (Lipinski definition) is 5. The van der Waals surface area contributed by atoms with E-state index in [2.05, 4.69) is 17.6 Å². The highest BCUT2D eigenvalue weighted by molar-refractivity contribution is 7.07. The highest BCUT2D eigenvalue weighted by Gasteiger charge is 2.35. The molecule has 2 aromatic heterocycles. The Balaban J connectivity index is 1.65. The molecule has 3 aromatic carbocycles. The van der Waals surface area contributed by atoms with Gasteiger partial charge in [-0.25, -0.2) is 14.2 Å². The lowest BCUT2D eigenvalue weighted by atomic mass is 9.93. The number of ether oxygens (including phenoxy) is 1. The molecule has 0 fully saturated rings. The number of esters is 1. The van der Waals surface area contributed by atoms with Gasteiger partial charge in [-0.1, -0.05) is 72.0 Å². The van der Waals surface area contributed by atoms with Gasteiger partial charge < -0.3 is 9.30 Å². The fourth-order valence-electron chi connectivity index (χ4n) is 5.19. The van der Waals surface area contributed by atoms with E-state index in [1.807, 2.05) is 60.8 Å². The van der Waals surface area contributed by atoms with E-state index >= 15 is 0 Å². The zero-order valence-electron chi connectivity index (χ0n) is 22.0. The van der Waals surface area contributed by atoms with Crippen LogP contribution in [-0.4, -0.2) is 21.7 Å². The number of rotatable bonds is 6. The van der Waals surface area contributed by atoms with Crippen LogP contribution in [0.1, 0.15) is 36.6 Å². The summed E-state index contributed by atoms with van der Waals surface area (Å²) >= 11 is 1.27. The van der Waals surface area contributed by atoms with Gasteiger partial charge in [0, 0.05) is 34.8 Å². The molecular weight excluding hydrogens is 525 g/mol. The molecule has 0 amide bonds. The first-order valence-corrected chi connectivity index (χ1v) is 13.9. The van der Waals surface area contributed by atoms with Crippen molar-refractivity contribution < 1.29 is 13.9 Å². The predicted molar refractivity (Wildman–Crippen MR) is 155 cm³/mol. The van der Waals surface area contributed by atoms with E-state index in [9.17, 15) is 14.0 Å². The van der Waals surface area contributed by atoms with Crippen molar-refractivity contribution in [3.63, 3.8) is 0 Å². The maximum absolute atomic E-state index is 14.1. The van der Waals surface area contributed by atoms with Crippen molar-refractivity contribution >= 4 is 40.0 Å². The quantitative estimate of drug-likeness (QED) is 0.278. The number of nitrogens with zero attached hydrogens (tertiary/aromatic N) is 3. The third-order valence-corrected chi connectivity index (χ3v) is 7.99. The molecule has 0 saturated heterocycles. The van der Waals surface area contributed by atoms with Crippen LogP contribution in [0.5, 0.6) is 0 Å². The molecule has 6 nitrogen and oxygen atoms in total. The second-order valence-corrected chi connectivity index (χ2v) is 10.4. The fourth-order valence-corrected chi connectivity index (χ4v) is 6.19. The number of hydrogen-bond donors (Lipinski definition) is 0. The highest BCUT2D eigenvalue weighted by atomic mass is 32.1. The Hall–Kier alpha value is -4.56. The molecule has 8 heteroatoms. The van der Waals surface area contributed by atoms with Gasteiger partial charge >= 0.3 is 5.97 Å². The Morgan fingerprint density at radius 2 is 1.75 bits per heavy atom. The standard InChI is InChI=1S/C32H26FN3O3S/c1-3-35-19-22(24-12-8-9-13-25(24)35)18-26-30(37)36-29(21-14-16-23(33)17-15-21)27(31(38)39-4-2)28(34-32(36)40-26)20-10-6-5-7-11-20/h5-19,29H,3-4H2,1-2H3/b26-18-/t29-/m1/s1. The number of halogens is 1. The van der Waals surface area contributed by atoms with Crippen molar-refractivity contribution in [2.75, 3.05) is 6.61 Å². The maximum atomic E-state index is 14.1. The lowest BCUT2D eigenvalue weighted by Crippen LogP contribution is -2.40.